The van der Waals surface area contributed by atoms with E-state index in [0.717, 1.165) is 0 Å². The van der Waals surface area contributed by atoms with Crippen molar-refractivity contribution in [3.8, 4) is 17.6 Å². The second kappa shape index (κ2) is 9.41. The van der Waals surface area contributed by atoms with Crippen molar-refractivity contribution in [2.75, 3.05) is 16.8 Å². The lowest BCUT2D eigenvalue weighted by Crippen LogP contribution is -2.31. The van der Waals surface area contributed by atoms with E-state index in [1.54, 1.807) is 53.4 Å². The fourth-order valence-corrected chi connectivity index (χ4v) is 3.75. The Hall–Kier alpha value is -4.37. The van der Waals surface area contributed by atoms with E-state index in [4.69, 9.17) is 4.74 Å². The van der Waals surface area contributed by atoms with Gasteiger partial charge in [0.05, 0.1) is 16.9 Å². The lowest BCUT2D eigenvalue weighted by Gasteiger charge is -2.19. The van der Waals surface area contributed by atoms with Gasteiger partial charge in [-0.05, 0) is 36.2 Å². The highest BCUT2D eigenvalue weighted by Gasteiger charge is 2.36. The van der Waals surface area contributed by atoms with E-state index >= 15 is 0 Å². The van der Waals surface area contributed by atoms with Crippen molar-refractivity contribution in [1.29, 1.82) is 5.26 Å². The van der Waals surface area contributed by atoms with Gasteiger partial charge in [-0.2, -0.15) is 5.26 Å². The highest BCUT2D eigenvalue weighted by Crippen LogP contribution is 2.39. The van der Waals surface area contributed by atoms with Crippen LogP contribution < -0.4 is 15.0 Å². The Balaban J connectivity index is 1.69. The average molecular weight is 437 g/mol. The molecule has 3 aromatic carbocycles. The standard InChI is InChI=1S/C27H23N3O3/c1-18(2)17-30-23-14-8-6-12-20(23)25(27(30)32)21(16-28)26(31)29-22-13-7-9-15-24(22)33-19-10-4-3-5-11-19/h3-15,18H,17H2,1-2H3,(H,29,31)/b25-21-. The molecule has 1 N–H and O–H groups in total. The molecule has 0 aromatic heterocycles. The zero-order valence-corrected chi connectivity index (χ0v) is 18.4. The van der Waals surface area contributed by atoms with Gasteiger partial charge in [0.15, 0.2) is 5.75 Å². The summed E-state index contributed by atoms with van der Waals surface area (Å²) >= 11 is 0. The maximum absolute atomic E-state index is 13.3. The number of benzene rings is 3. The number of rotatable bonds is 6. The molecule has 3 aromatic rings. The van der Waals surface area contributed by atoms with Crippen molar-refractivity contribution in [1.82, 2.24) is 0 Å². The number of hydrogen-bond donors (Lipinski definition) is 1. The van der Waals surface area contributed by atoms with Crippen LogP contribution in [-0.4, -0.2) is 18.4 Å². The molecule has 1 heterocycles. The quantitative estimate of drug-likeness (QED) is 0.414. The maximum Gasteiger partial charge on any atom is 0.267 e. The second-order valence-corrected chi connectivity index (χ2v) is 8.05. The Morgan fingerprint density at radius 3 is 2.39 bits per heavy atom. The minimum atomic E-state index is -0.661. The molecule has 6 nitrogen and oxygen atoms in total. The van der Waals surface area contributed by atoms with Crippen molar-refractivity contribution in [3.63, 3.8) is 0 Å². The van der Waals surface area contributed by atoms with E-state index in [-0.39, 0.29) is 23.0 Å². The zero-order chi connectivity index (χ0) is 23.4. The van der Waals surface area contributed by atoms with Gasteiger partial charge in [-0.15, -0.1) is 0 Å². The van der Waals surface area contributed by atoms with Gasteiger partial charge in [-0.3, -0.25) is 9.59 Å². The summed E-state index contributed by atoms with van der Waals surface area (Å²) in [5.74, 6) is 0.264. The largest absolute Gasteiger partial charge is 0.455 e. The number of para-hydroxylation sites is 4. The predicted octanol–water partition coefficient (Wildman–Crippen LogP) is 5.40. The molecule has 1 aliphatic rings. The Labute approximate surface area is 192 Å². The van der Waals surface area contributed by atoms with Crippen LogP contribution in [0.2, 0.25) is 0 Å². The van der Waals surface area contributed by atoms with Crippen LogP contribution in [0.25, 0.3) is 5.57 Å². The van der Waals surface area contributed by atoms with E-state index < -0.39 is 5.91 Å². The summed E-state index contributed by atoms with van der Waals surface area (Å²) in [6.45, 7) is 4.52. The van der Waals surface area contributed by atoms with Crippen LogP contribution in [0.3, 0.4) is 0 Å². The van der Waals surface area contributed by atoms with E-state index in [2.05, 4.69) is 5.32 Å². The number of anilines is 2. The molecule has 0 saturated carbocycles. The van der Waals surface area contributed by atoms with Gasteiger partial charge in [-0.25, -0.2) is 0 Å². The molecule has 2 amide bonds. The fourth-order valence-electron chi connectivity index (χ4n) is 3.75. The number of amides is 2. The number of nitrogens with zero attached hydrogens (tertiary/aromatic N) is 2. The summed E-state index contributed by atoms with van der Waals surface area (Å²) in [6.07, 6.45) is 0. The first-order valence-corrected chi connectivity index (χ1v) is 10.7. The van der Waals surface area contributed by atoms with Gasteiger partial charge in [0.1, 0.15) is 17.4 Å². The van der Waals surface area contributed by atoms with E-state index in [1.807, 2.05) is 50.2 Å². The normalized spacial score (nSPS) is 14.0. The maximum atomic E-state index is 13.3. The highest BCUT2D eigenvalue weighted by molar-refractivity contribution is 6.37. The van der Waals surface area contributed by atoms with Crippen LogP contribution in [0, 0.1) is 17.2 Å². The molecule has 0 spiro atoms. The van der Waals surface area contributed by atoms with E-state index in [1.165, 1.54) is 0 Å². The van der Waals surface area contributed by atoms with Crippen LogP contribution in [0.4, 0.5) is 11.4 Å². The lowest BCUT2D eigenvalue weighted by atomic mass is 10.0. The molecule has 6 heteroatoms. The SMILES string of the molecule is CC(C)CN1C(=O)/C(=C(/C#N)C(=O)Nc2ccccc2Oc2ccccc2)c2ccccc21. The molecule has 0 atom stereocenters. The zero-order valence-electron chi connectivity index (χ0n) is 18.4. The Morgan fingerprint density at radius 1 is 1.00 bits per heavy atom. The number of carbonyl (C=O) groups is 2. The molecule has 0 saturated heterocycles. The minimum absolute atomic E-state index is 0.118. The van der Waals surface area contributed by atoms with Crippen LogP contribution in [0.5, 0.6) is 11.5 Å². The molecular formula is C27H23N3O3. The molecule has 0 radical (unpaired) electrons. The van der Waals surface area contributed by atoms with Crippen molar-refractivity contribution in [3.05, 3.63) is 90.0 Å². The first kappa shape index (κ1) is 21.8. The van der Waals surface area contributed by atoms with Gasteiger partial charge in [0, 0.05) is 12.1 Å². The number of hydrogen-bond acceptors (Lipinski definition) is 4. The van der Waals surface area contributed by atoms with Crippen LogP contribution >= 0.6 is 0 Å². The van der Waals surface area contributed by atoms with Crippen molar-refractivity contribution < 1.29 is 14.3 Å². The first-order chi connectivity index (χ1) is 16.0. The summed E-state index contributed by atoms with van der Waals surface area (Å²) in [5.41, 5.74) is 1.58. The summed E-state index contributed by atoms with van der Waals surface area (Å²) in [6, 6.07) is 25.3. The summed E-state index contributed by atoms with van der Waals surface area (Å²) in [7, 11) is 0. The summed E-state index contributed by atoms with van der Waals surface area (Å²) in [5, 5.41) is 12.6. The molecule has 4 rings (SSSR count). The Bertz CT molecular complexity index is 1270. The lowest BCUT2D eigenvalue weighted by molar-refractivity contribution is -0.114. The second-order valence-electron chi connectivity index (χ2n) is 8.05. The van der Waals surface area contributed by atoms with Crippen LogP contribution in [0.15, 0.2) is 84.4 Å². The highest BCUT2D eigenvalue weighted by atomic mass is 16.5. The number of nitrogens with one attached hydrogen (secondary N) is 1. The van der Waals surface area contributed by atoms with Gasteiger partial charge in [0.2, 0.25) is 0 Å². The van der Waals surface area contributed by atoms with Gasteiger partial charge >= 0.3 is 0 Å². The van der Waals surface area contributed by atoms with Gasteiger partial charge in [-0.1, -0.05) is 62.4 Å². The molecule has 0 aliphatic carbocycles. The van der Waals surface area contributed by atoms with Crippen LogP contribution in [-0.2, 0) is 9.59 Å². The third kappa shape index (κ3) is 4.48. The Kier molecular flexibility index (Phi) is 6.23. The third-order valence-corrected chi connectivity index (χ3v) is 5.17. The monoisotopic (exact) mass is 437 g/mol. The molecule has 1 aliphatic heterocycles. The molecular weight excluding hydrogens is 414 g/mol. The Morgan fingerprint density at radius 2 is 1.67 bits per heavy atom. The molecule has 33 heavy (non-hydrogen) atoms. The van der Waals surface area contributed by atoms with Crippen LogP contribution in [0.1, 0.15) is 19.4 Å². The van der Waals surface area contributed by atoms with Gasteiger partial charge < -0.3 is 15.0 Å². The first-order valence-electron chi connectivity index (χ1n) is 10.7. The third-order valence-electron chi connectivity index (χ3n) is 5.17. The van der Waals surface area contributed by atoms with E-state index in [9.17, 15) is 14.9 Å². The molecule has 0 fully saturated rings. The minimum Gasteiger partial charge on any atom is -0.455 e. The predicted molar refractivity (Wildman–Crippen MR) is 128 cm³/mol. The van der Waals surface area contributed by atoms with Crippen molar-refractivity contribution in [2.45, 2.75) is 13.8 Å². The number of ether oxygens (including phenoxy) is 1. The molecule has 0 unspecified atom stereocenters. The van der Waals surface area contributed by atoms with E-state index in [0.29, 0.717) is 35.0 Å². The van der Waals surface area contributed by atoms with Crippen molar-refractivity contribution in [2.24, 2.45) is 5.92 Å². The topological polar surface area (TPSA) is 82.4 Å². The summed E-state index contributed by atoms with van der Waals surface area (Å²) < 4.78 is 5.90. The van der Waals surface area contributed by atoms with Gasteiger partial charge in [0.25, 0.3) is 11.8 Å². The smallest absolute Gasteiger partial charge is 0.267 e. The average Bonchev–Trinajstić information content (AvgIpc) is 3.08. The fraction of sp³-hybridized carbons (Fsp3) is 0.148. The van der Waals surface area contributed by atoms with Crippen molar-refractivity contribution >= 4 is 28.8 Å². The molecule has 164 valence electrons. The number of nitriles is 1. The summed E-state index contributed by atoms with van der Waals surface area (Å²) in [4.78, 5) is 28.1. The number of carbonyl (C=O) groups excluding carboxylic acids is 2. The molecule has 0 bridgehead atoms. The number of fused-ring (bicyclic) bond motifs is 1.